The maximum absolute atomic E-state index is 11.6. The SMILES string of the molecule is CC1(NP(N)(N)=O)CCC(C(C)(C)NP(N)(N)=O)CC1. The average Bonchev–Trinajstić information content (AvgIpc) is 2.09. The van der Waals surface area contributed by atoms with Crippen LogP contribution in [0.25, 0.3) is 0 Å². The van der Waals surface area contributed by atoms with Gasteiger partial charge in [0.25, 0.3) is 15.2 Å². The number of nitrogens with two attached hydrogens (primary N) is 4. The molecule has 0 aromatic heterocycles. The monoisotopic (exact) mass is 326 g/mol. The number of nitrogens with one attached hydrogen (secondary N) is 2. The van der Waals surface area contributed by atoms with E-state index in [1.165, 1.54) is 0 Å². The van der Waals surface area contributed by atoms with Gasteiger partial charge in [0.15, 0.2) is 0 Å². The summed E-state index contributed by atoms with van der Waals surface area (Å²) < 4.78 is 23.1. The molecule has 1 fully saturated rings. The summed E-state index contributed by atoms with van der Waals surface area (Å²) in [6, 6.07) is 0. The Hall–Kier alpha value is 0.220. The zero-order valence-corrected chi connectivity index (χ0v) is 14.2. The van der Waals surface area contributed by atoms with Crippen molar-refractivity contribution in [3.8, 4) is 0 Å². The molecular weight excluding hydrogens is 298 g/mol. The van der Waals surface area contributed by atoms with Crippen LogP contribution < -0.4 is 32.2 Å². The molecule has 1 aliphatic rings. The molecule has 1 saturated carbocycles. The van der Waals surface area contributed by atoms with Gasteiger partial charge in [-0.25, -0.2) is 10.2 Å². The van der Waals surface area contributed by atoms with Crippen molar-refractivity contribution >= 4 is 15.2 Å². The summed E-state index contributed by atoms with van der Waals surface area (Å²) in [5, 5.41) is 5.67. The lowest BCUT2D eigenvalue weighted by molar-refractivity contribution is 0.163. The molecule has 10 N–H and O–H groups in total. The molecule has 0 heterocycles. The lowest BCUT2D eigenvalue weighted by atomic mass is 9.71. The van der Waals surface area contributed by atoms with E-state index in [0.29, 0.717) is 0 Å². The average molecular weight is 326 g/mol. The van der Waals surface area contributed by atoms with Crippen LogP contribution in [0.4, 0.5) is 0 Å². The number of hydrogen-bond donors (Lipinski definition) is 6. The smallest absolute Gasteiger partial charge is 0.271 e. The van der Waals surface area contributed by atoms with Crippen LogP contribution in [0, 0.1) is 5.92 Å². The molecule has 0 aliphatic heterocycles. The zero-order valence-electron chi connectivity index (χ0n) is 12.4. The Morgan fingerprint density at radius 1 is 1.05 bits per heavy atom. The highest BCUT2D eigenvalue weighted by molar-refractivity contribution is 7.57. The van der Waals surface area contributed by atoms with E-state index in [1.807, 2.05) is 20.8 Å². The van der Waals surface area contributed by atoms with Crippen LogP contribution >= 0.6 is 15.2 Å². The topological polar surface area (TPSA) is 162 Å². The summed E-state index contributed by atoms with van der Waals surface area (Å²) in [6.07, 6.45) is 3.26. The van der Waals surface area contributed by atoms with Crippen molar-refractivity contribution in [2.45, 2.75) is 57.5 Å². The highest BCUT2D eigenvalue weighted by Crippen LogP contribution is 2.42. The molecule has 1 aliphatic carbocycles. The number of rotatable bonds is 5. The molecule has 0 bridgehead atoms. The predicted octanol–water partition coefficient (Wildman–Crippen LogP) is 0.944. The molecule has 8 nitrogen and oxygen atoms in total. The van der Waals surface area contributed by atoms with Gasteiger partial charge in [-0.15, -0.1) is 0 Å². The summed E-state index contributed by atoms with van der Waals surface area (Å²) in [6.45, 7) is 5.85. The molecule has 0 aromatic rings. The molecule has 0 spiro atoms. The molecule has 120 valence electrons. The molecule has 0 saturated heterocycles. The van der Waals surface area contributed by atoms with Gasteiger partial charge in [-0.3, -0.25) is 31.1 Å². The van der Waals surface area contributed by atoms with Gasteiger partial charge in [0.1, 0.15) is 0 Å². The van der Waals surface area contributed by atoms with E-state index in [9.17, 15) is 9.13 Å². The van der Waals surface area contributed by atoms with Crippen molar-refractivity contribution in [2.24, 2.45) is 27.9 Å². The zero-order chi connectivity index (χ0) is 15.8. The van der Waals surface area contributed by atoms with E-state index in [2.05, 4.69) is 10.2 Å². The fourth-order valence-electron chi connectivity index (χ4n) is 3.05. The van der Waals surface area contributed by atoms with E-state index in [-0.39, 0.29) is 11.5 Å². The minimum absolute atomic E-state index is 0.271. The second-order valence-electron chi connectivity index (χ2n) is 6.70. The molecule has 20 heavy (non-hydrogen) atoms. The van der Waals surface area contributed by atoms with Crippen molar-refractivity contribution in [3.63, 3.8) is 0 Å². The molecule has 0 radical (unpaired) electrons. The Morgan fingerprint density at radius 3 is 1.85 bits per heavy atom. The van der Waals surface area contributed by atoms with Crippen LogP contribution in [0.1, 0.15) is 46.5 Å². The first-order valence-corrected chi connectivity index (χ1v) is 10.3. The van der Waals surface area contributed by atoms with E-state index < -0.39 is 20.7 Å². The van der Waals surface area contributed by atoms with Gasteiger partial charge in [-0.2, -0.15) is 0 Å². The summed E-state index contributed by atoms with van der Waals surface area (Å²) in [5.74, 6) is 0.271. The van der Waals surface area contributed by atoms with Gasteiger partial charge in [0, 0.05) is 11.1 Å². The standard InChI is InChI=1S/C10H28N6O2P2/c1-9(2,15-19(11,12)17)8-4-6-10(3,7-5-8)16-20(13,14)18/h8H,4-7H2,1-3H3,(H5,11,12,15,17)(H5,13,14,16,18). The Balaban J connectivity index is 2.66. The lowest BCUT2D eigenvalue weighted by Gasteiger charge is -2.44. The van der Waals surface area contributed by atoms with E-state index in [0.717, 1.165) is 25.7 Å². The highest BCUT2D eigenvalue weighted by Gasteiger charge is 2.40. The van der Waals surface area contributed by atoms with Gasteiger partial charge in [0.05, 0.1) is 0 Å². The quantitative estimate of drug-likeness (QED) is 0.407. The first kappa shape index (κ1) is 18.3. The van der Waals surface area contributed by atoms with Gasteiger partial charge < -0.3 is 0 Å². The normalized spacial score (nSPS) is 29.4. The predicted molar refractivity (Wildman–Crippen MR) is 82.7 cm³/mol. The largest absolute Gasteiger partial charge is 0.274 e. The minimum Gasteiger partial charge on any atom is -0.271 e. The second-order valence-corrected chi connectivity index (χ2v) is 9.98. The molecule has 10 heteroatoms. The van der Waals surface area contributed by atoms with E-state index in [4.69, 9.17) is 22.0 Å². The third-order valence-electron chi connectivity index (χ3n) is 4.02. The molecule has 1 rings (SSSR count). The van der Waals surface area contributed by atoms with Crippen molar-refractivity contribution in [1.82, 2.24) is 10.2 Å². The fraction of sp³-hybridized carbons (Fsp3) is 1.00. The van der Waals surface area contributed by atoms with Crippen LogP contribution in [0.5, 0.6) is 0 Å². The summed E-state index contributed by atoms with van der Waals surface area (Å²) in [4.78, 5) is 0. The van der Waals surface area contributed by atoms with E-state index in [1.54, 1.807) is 0 Å². The van der Waals surface area contributed by atoms with Gasteiger partial charge in [0.2, 0.25) is 0 Å². The second kappa shape index (κ2) is 5.78. The molecular formula is C10H28N6O2P2. The Kier molecular flexibility index (Phi) is 5.28. The van der Waals surface area contributed by atoms with Crippen molar-refractivity contribution in [1.29, 1.82) is 0 Å². The molecule has 0 atom stereocenters. The Bertz CT molecular complexity index is 435. The lowest BCUT2D eigenvalue weighted by Crippen LogP contribution is -2.52. The highest BCUT2D eigenvalue weighted by atomic mass is 31.2. The van der Waals surface area contributed by atoms with Crippen LogP contribution in [-0.2, 0) is 9.13 Å². The third kappa shape index (κ3) is 5.92. The van der Waals surface area contributed by atoms with Gasteiger partial charge >= 0.3 is 0 Å². The van der Waals surface area contributed by atoms with Crippen LogP contribution in [0.3, 0.4) is 0 Å². The molecule has 0 amide bonds. The first-order chi connectivity index (χ1) is 8.73. The van der Waals surface area contributed by atoms with Crippen LogP contribution in [0.2, 0.25) is 0 Å². The third-order valence-corrected chi connectivity index (χ3v) is 5.83. The fourth-order valence-corrected chi connectivity index (χ4v) is 5.20. The van der Waals surface area contributed by atoms with Gasteiger partial charge in [-0.1, -0.05) is 0 Å². The number of hydrogen-bond acceptors (Lipinski definition) is 2. The van der Waals surface area contributed by atoms with Crippen molar-refractivity contribution < 1.29 is 9.13 Å². The summed E-state index contributed by atoms with van der Waals surface area (Å²) in [7, 11) is -6.51. The summed E-state index contributed by atoms with van der Waals surface area (Å²) in [5.41, 5.74) is 20.8. The maximum Gasteiger partial charge on any atom is 0.274 e. The van der Waals surface area contributed by atoms with Gasteiger partial charge in [-0.05, 0) is 52.4 Å². The molecule has 0 unspecified atom stereocenters. The Labute approximate surface area is 120 Å². The van der Waals surface area contributed by atoms with Crippen molar-refractivity contribution in [3.05, 3.63) is 0 Å². The summed E-state index contributed by atoms with van der Waals surface area (Å²) >= 11 is 0. The Morgan fingerprint density at radius 2 is 1.50 bits per heavy atom. The van der Waals surface area contributed by atoms with E-state index >= 15 is 0 Å². The first-order valence-electron chi connectivity index (χ1n) is 6.66. The molecule has 0 aromatic carbocycles. The van der Waals surface area contributed by atoms with Crippen LogP contribution in [-0.4, -0.2) is 11.1 Å². The van der Waals surface area contributed by atoms with Crippen molar-refractivity contribution in [2.75, 3.05) is 0 Å². The minimum atomic E-state index is -3.27. The maximum atomic E-state index is 11.6. The van der Waals surface area contributed by atoms with Crippen LogP contribution in [0.15, 0.2) is 0 Å².